The molecule has 0 aliphatic rings. The number of esters is 1. The van der Waals surface area contributed by atoms with Gasteiger partial charge >= 0.3 is 5.97 Å². The number of rotatable bonds is 8. The van der Waals surface area contributed by atoms with Gasteiger partial charge in [0.2, 0.25) is 0 Å². The zero-order valence-electron chi connectivity index (χ0n) is 11.9. The van der Waals surface area contributed by atoms with Crippen molar-refractivity contribution >= 4 is 5.97 Å². The van der Waals surface area contributed by atoms with Crippen LogP contribution < -0.4 is 5.32 Å². The Kier molecular flexibility index (Phi) is 9.74. The van der Waals surface area contributed by atoms with Crippen molar-refractivity contribution in [3.63, 3.8) is 0 Å². The van der Waals surface area contributed by atoms with Gasteiger partial charge in [-0.2, -0.15) is 0 Å². The first-order valence-corrected chi connectivity index (χ1v) is 6.38. The molecule has 0 aromatic carbocycles. The van der Waals surface area contributed by atoms with Gasteiger partial charge in [0.25, 0.3) is 0 Å². The lowest BCUT2D eigenvalue weighted by Gasteiger charge is -2.10. The lowest BCUT2D eigenvalue weighted by atomic mass is 10.1. The molecule has 0 amide bonds. The van der Waals surface area contributed by atoms with Gasteiger partial charge in [0.05, 0.1) is 7.11 Å². The van der Waals surface area contributed by atoms with Gasteiger partial charge in [-0.3, -0.25) is 4.79 Å². The molecule has 0 saturated heterocycles. The summed E-state index contributed by atoms with van der Waals surface area (Å²) >= 11 is 0. The smallest absolute Gasteiger partial charge is 0.305 e. The highest BCUT2D eigenvalue weighted by molar-refractivity contribution is 5.69. The SMILES string of the molecule is C/C=C\C/C(=C\NC(C)/C=C\C)CCC(=O)OC. The van der Waals surface area contributed by atoms with Crippen molar-refractivity contribution in [3.8, 4) is 0 Å². The topological polar surface area (TPSA) is 38.3 Å². The second kappa shape index (κ2) is 10.6. The molecular weight excluding hydrogens is 226 g/mol. The fourth-order valence-electron chi connectivity index (χ4n) is 1.46. The molecule has 0 spiro atoms. The number of ether oxygens (including phenoxy) is 1. The van der Waals surface area contributed by atoms with Crippen LogP contribution in [0.3, 0.4) is 0 Å². The Morgan fingerprint density at radius 3 is 2.56 bits per heavy atom. The average molecular weight is 251 g/mol. The van der Waals surface area contributed by atoms with Crippen LogP contribution in [0.1, 0.15) is 40.0 Å². The summed E-state index contributed by atoms with van der Waals surface area (Å²) in [5.41, 5.74) is 1.20. The minimum Gasteiger partial charge on any atom is -0.469 e. The first-order chi connectivity index (χ1) is 8.63. The van der Waals surface area contributed by atoms with Crippen molar-refractivity contribution in [2.45, 2.75) is 46.1 Å². The van der Waals surface area contributed by atoms with E-state index in [4.69, 9.17) is 0 Å². The summed E-state index contributed by atoms with van der Waals surface area (Å²) in [6.45, 7) is 6.08. The van der Waals surface area contributed by atoms with E-state index < -0.39 is 0 Å². The van der Waals surface area contributed by atoms with Gasteiger partial charge in [-0.25, -0.2) is 0 Å². The maximum absolute atomic E-state index is 11.1. The molecule has 0 bridgehead atoms. The van der Waals surface area contributed by atoms with Crippen LogP contribution in [0.2, 0.25) is 0 Å². The lowest BCUT2D eigenvalue weighted by Crippen LogP contribution is -2.18. The van der Waals surface area contributed by atoms with Crippen molar-refractivity contribution in [3.05, 3.63) is 36.1 Å². The van der Waals surface area contributed by atoms with Crippen LogP contribution in [0.5, 0.6) is 0 Å². The summed E-state index contributed by atoms with van der Waals surface area (Å²) in [6, 6.07) is 0.300. The van der Waals surface area contributed by atoms with Gasteiger partial charge in [0, 0.05) is 12.5 Å². The van der Waals surface area contributed by atoms with Gasteiger partial charge in [0.15, 0.2) is 0 Å². The second-order valence-corrected chi connectivity index (χ2v) is 4.13. The molecular formula is C15H25NO2. The van der Waals surface area contributed by atoms with Crippen LogP contribution >= 0.6 is 0 Å². The molecule has 1 N–H and O–H groups in total. The maximum Gasteiger partial charge on any atom is 0.305 e. The average Bonchev–Trinajstić information content (AvgIpc) is 2.37. The fraction of sp³-hybridized carbons (Fsp3) is 0.533. The third kappa shape index (κ3) is 8.62. The number of carbonyl (C=O) groups is 1. The maximum atomic E-state index is 11.1. The van der Waals surface area contributed by atoms with Crippen molar-refractivity contribution in [1.29, 1.82) is 0 Å². The molecule has 0 saturated carbocycles. The highest BCUT2D eigenvalue weighted by atomic mass is 16.5. The molecule has 1 atom stereocenters. The standard InChI is InChI=1S/C15H25NO2/c1-5-7-9-14(10-11-15(17)18-4)12-16-13(3)8-6-2/h5-8,12-13,16H,9-11H2,1-4H3/b7-5-,8-6-,14-12+. The minimum atomic E-state index is -0.164. The van der Waals surface area contributed by atoms with E-state index in [0.29, 0.717) is 12.5 Å². The summed E-state index contributed by atoms with van der Waals surface area (Å²) in [5.74, 6) is -0.164. The van der Waals surface area contributed by atoms with Gasteiger partial charge in [-0.05, 0) is 39.8 Å². The Morgan fingerprint density at radius 1 is 1.28 bits per heavy atom. The van der Waals surface area contributed by atoms with Gasteiger partial charge < -0.3 is 10.1 Å². The van der Waals surface area contributed by atoms with Crippen LogP contribution in [-0.2, 0) is 9.53 Å². The third-order valence-electron chi connectivity index (χ3n) is 2.53. The number of nitrogens with one attached hydrogen (secondary N) is 1. The largest absolute Gasteiger partial charge is 0.469 e. The Balaban J connectivity index is 4.36. The van der Waals surface area contributed by atoms with Crippen LogP contribution in [-0.4, -0.2) is 19.1 Å². The van der Waals surface area contributed by atoms with Crippen LogP contribution in [0.15, 0.2) is 36.1 Å². The van der Waals surface area contributed by atoms with E-state index in [2.05, 4.69) is 29.1 Å². The van der Waals surface area contributed by atoms with Crippen molar-refractivity contribution in [2.24, 2.45) is 0 Å². The van der Waals surface area contributed by atoms with E-state index >= 15 is 0 Å². The zero-order chi connectivity index (χ0) is 13.8. The van der Waals surface area contributed by atoms with Crippen LogP contribution in [0.4, 0.5) is 0 Å². The Morgan fingerprint density at radius 2 is 2.00 bits per heavy atom. The Labute approximate surface area is 111 Å². The number of allylic oxidation sites excluding steroid dienone is 4. The van der Waals surface area contributed by atoms with Gasteiger partial charge in [0.1, 0.15) is 0 Å². The number of carbonyl (C=O) groups excluding carboxylic acids is 1. The van der Waals surface area contributed by atoms with Crippen LogP contribution in [0.25, 0.3) is 0 Å². The minimum absolute atomic E-state index is 0.164. The van der Waals surface area contributed by atoms with Crippen LogP contribution in [0, 0.1) is 0 Å². The number of methoxy groups -OCH3 is 1. The molecule has 18 heavy (non-hydrogen) atoms. The number of hydrogen-bond acceptors (Lipinski definition) is 3. The molecule has 102 valence electrons. The van der Waals surface area contributed by atoms with E-state index in [0.717, 1.165) is 12.8 Å². The molecule has 0 heterocycles. The quantitative estimate of drug-likeness (QED) is 0.531. The zero-order valence-corrected chi connectivity index (χ0v) is 11.9. The first-order valence-electron chi connectivity index (χ1n) is 6.38. The van der Waals surface area contributed by atoms with Crippen molar-refractivity contribution in [1.82, 2.24) is 5.32 Å². The lowest BCUT2D eigenvalue weighted by molar-refractivity contribution is -0.140. The highest BCUT2D eigenvalue weighted by Gasteiger charge is 2.03. The van der Waals surface area contributed by atoms with E-state index in [-0.39, 0.29) is 5.97 Å². The molecule has 0 aliphatic carbocycles. The summed E-state index contributed by atoms with van der Waals surface area (Å²) in [7, 11) is 1.42. The van der Waals surface area contributed by atoms with Gasteiger partial charge in [-0.1, -0.05) is 29.9 Å². The molecule has 0 aliphatic heterocycles. The van der Waals surface area contributed by atoms with E-state index in [9.17, 15) is 4.79 Å². The van der Waals surface area contributed by atoms with E-state index in [1.807, 2.05) is 32.2 Å². The molecule has 0 radical (unpaired) electrons. The normalized spacial score (nSPS) is 14.1. The summed E-state index contributed by atoms with van der Waals surface area (Å²) < 4.78 is 4.65. The summed E-state index contributed by atoms with van der Waals surface area (Å²) in [5, 5.41) is 3.30. The molecule has 0 rings (SSSR count). The fourth-order valence-corrected chi connectivity index (χ4v) is 1.46. The predicted octanol–water partition coefficient (Wildman–Crippen LogP) is 3.34. The summed E-state index contributed by atoms with van der Waals surface area (Å²) in [4.78, 5) is 11.1. The van der Waals surface area contributed by atoms with Gasteiger partial charge in [-0.15, -0.1) is 0 Å². The second-order valence-electron chi connectivity index (χ2n) is 4.13. The highest BCUT2D eigenvalue weighted by Crippen LogP contribution is 2.10. The van der Waals surface area contributed by atoms with E-state index in [1.165, 1.54) is 12.7 Å². The van der Waals surface area contributed by atoms with E-state index in [1.54, 1.807) is 0 Å². The monoisotopic (exact) mass is 251 g/mol. The molecule has 3 heteroatoms. The number of hydrogen-bond donors (Lipinski definition) is 1. The molecule has 3 nitrogen and oxygen atoms in total. The Hall–Kier alpha value is -1.51. The first kappa shape index (κ1) is 16.5. The molecule has 0 fully saturated rings. The Bertz CT molecular complexity index is 316. The molecule has 1 unspecified atom stereocenters. The molecule has 0 aromatic heterocycles. The van der Waals surface area contributed by atoms with Crippen molar-refractivity contribution in [2.75, 3.05) is 7.11 Å². The molecule has 0 aromatic rings. The predicted molar refractivity (Wildman–Crippen MR) is 76.2 cm³/mol. The summed E-state index contributed by atoms with van der Waals surface area (Å²) in [6.07, 6.45) is 12.2. The van der Waals surface area contributed by atoms with Crippen molar-refractivity contribution < 1.29 is 9.53 Å². The third-order valence-corrected chi connectivity index (χ3v) is 2.53.